The van der Waals surface area contributed by atoms with Crippen LogP contribution in [0, 0.1) is 0 Å². The summed E-state index contributed by atoms with van der Waals surface area (Å²) in [4.78, 5) is 26.7. The van der Waals surface area contributed by atoms with Crippen molar-refractivity contribution >= 4 is 17.6 Å². The van der Waals surface area contributed by atoms with Gasteiger partial charge in [0, 0.05) is 6.07 Å². The van der Waals surface area contributed by atoms with E-state index in [1.807, 2.05) is 20.8 Å². The fourth-order valence-electron chi connectivity index (χ4n) is 2.96. The van der Waals surface area contributed by atoms with Gasteiger partial charge in [0.15, 0.2) is 5.60 Å². The van der Waals surface area contributed by atoms with E-state index in [-0.39, 0.29) is 11.7 Å². The van der Waals surface area contributed by atoms with Gasteiger partial charge in [-0.25, -0.2) is 4.79 Å². The number of hydrogen-bond acceptors (Lipinski definition) is 5. The third-order valence-electron chi connectivity index (χ3n) is 4.43. The molecule has 1 amide bonds. The zero-order chi connectivity index (χ0) is 17.2. The van der Waals surface area contributed by atoms with Crippen molar-refractivity contribution in [1.82, 2.24) is 0 Å². The highest BCUT2D eigenvalue weighted by Gasteiger charge is 2.49. The van der Waals surface area contributed by atoms with Crippen LogP contribution < -0.4 is 9.64 Å². The average Bonchev–Trinajstić information content (AvgIpc) is 2.57. The van der Waals surface area contributed by atoms with E-state index < -0.39 is 17.6 Å². The fourth-order valence-corrected chi connectivity index (χ4v) is 2.96. The molecule has 1 aromatic carbocycles. The van der Waals surface area contributed by atoms with E-state index in [0.29, 0.717) is 30.7 Å². The van der Waals surface area contributed by atoms with Crippen molar-refractivity contribution in [2.45, 2.75) is 51.7 Å². The Bertz CT molecular complexity index is 609. The minimum Gasteiger partial charge on any atom is -0.508 e. The molecule has 0 radical (unpaired) electrons. The second-order valence-corrected chi connectivity index (χ2v) is 5.58. The van der Waals surface area contributed by atoms with Gasteiger partial charge in [-0.15, -0.1) is 0 Å². The van der Waals surface area contributed by atoms with Crippen LogP contribution in [-0.2, 0) is 14.3 Å². The minimum absolute atomic E-state index is 0.00497. The van der Waals surface area contributed by atoms with Crippen LogP contribution in [0.25, 0.3) is 0 Å². The smallest absolute Gasteiger partial charge is 0.328 e. The van der Waals surface area contributed by atoms with Gasteiger partial charge in [0.25, 0.3) is 5.91 Å². The molecule has 0 aromatic heterocycles. The molecular weight excluding hydrogens is 298 g/mol. The van der Waals surface area contributed by atoms with E-state index in [1.54, 1.807) is 6.07 Å². The van der Waals surface area contributed by atoms with Crippen LogP contribution >= 0.6 is 0 Å². The van der Waals surface area contributed by atoms with E-state index in [0.717, 1.165) is 0 Å². The summed E-state index contributed by atoms with van der Waals surface area (Å²) in [6.07, 6.45) is 1.37. The second kappa shape index (κ2) is 6.48. The standard InChI is InChI=1S/C17H23NO5/c1-5-12(15(20)22-4)18-13-10-11(19)8-9-14(13)23-17(6-2,7-3)16(18)21/h8-10,12,19H,5-7H2,1-4H3. The van der Waals surface area contributed by atoms with Crippen molar-refractivity contribution in [1.29, 1.82) is 0 Å². The molecule has 1 N–H and O–H groups in total. The van der Waals surface area contributed by atoms with Crippen molar-refractivity contribution in [3.63, 3.8) is 0 Å². The molecule has 23 heavy (non-hydrogen) atoms. The highest BCUT2D eigenvalue weighted by Crippen LogP contribution is 2.43. The second-order valence-electron chi connectivity index (χ2n) is 5.58. The number of methoxy groups -OCH3 is 1. The maximum atomic E-state index is 13.1. The van der Waals surface area contributed by atoms with Gasteiger partial charge in [-0.1, -0.05) is 20.8 Å². The van der Waals surface area contributed by atoms with Crippen molar-refractivity contribution in [2.75, 3.05) is 12.0 Å². The first-order chi connectivity index (χ1) is 10.9. The van der Waals surface area contributed by atoms with Gasteiger partial charge < -0.3 is 14.6 Å². The maximum absolute atomic E-state index is 13.1. The maximum Gasteiger partial charge on any atom is 0.328 e. The number of rotatable bonds is 5. The highest BCUT2D eigenvalue weighted by molar-refractivity contribution is 6.07. The molecule has 126 valence electrons. The molecule has 1 aliphatic heterocycles. The number of hydrogen-bond donors (Lipinski definition) is 1. The summed E-state index contributed by atoms with van der Waals surface area (Å²) in [6, 6.07) is 3.80. The lowest BCUT2D eigenvalue weighted by molar-refractivity contribution is -0.146. The van der Waals surface area contributed by atoms with Gasteiger partial charge in [0.2, 0.25) is 0 Å². The Morgan fingerprint density at radius 2 is 2.00 bits per heavy atom. The van der Waals surface area contributed by atoms with Crippen LogP contribution in [0.15, 0.2) is 18.2 Å². The SMILES string of the molecule is CCC(C(=O)OC)N1C(=O)C(CC)(CC)Oc2ccc(O)cc21. The summed E-state index contributed by atoms with van der Waals surface area (Å²) < 4.78 is 10.8. The molecule has 0 aliphatic carbocycles. The molecule has 0 fully saturated rings. The Morgan fingerprint density at radius 3 is 2.52 bits per heavy atom. The van der Waals surface area contributed by atoms with E-state index >= 15 is 0 Å². The predicted molar refractivity (Wildman–Crippen MR) is 85.6 cm³/mol. The van der Waals surface area contributed by atoms with Gasteiger partial charge in [-0.2, -0.15) is 0 Å². The van der Waals surface area contributed by atoms with Crippen LogP contribution in [0.1, 0.15) is 40.0 Å². The van der Waals surface area contributed by atoms with Gasteiger partial charge in [0.05, 0.1) is 12.8 Å². The molecule has 2 rings (SSSR count). The first-order valence-corrected chi connectivity index (χ1v) is 7.87. The highest BCUT2D eigenvalue weighted by atomic mass is 16.5. The summed E-state index contributed by atoms with van der Waals surface area (Å²) in [7, 11) is 1.30. The Hall–Kier alpha value is -2.24. The first kappa shape index (κ1) is 17.1. The molecule has 1 aromatic rings. The molecule has 1 aliphatic rings. The number of phenols is 1. The van der Waals surface area contributed by atoms with Gasteiger partial charge in [-0.05, 0) is 31.4 Å². The lowest BCUT2D eigenvalue weighted by Gasteiger charge is -2.44. The van der Waals surface area contributed by atoms with Crippen LogP contribution in [0.2, 0.25) is 0 Å². The number of benzene rings is 1. The fraction of sp³-hybridized carbons (Fsp3) is 0.529. The molecule has 0 spiro atoms. The summed E-state index contributed by atoms with van der Waals surface area (Å²) >= 11 is 0. The number of anilines is 1. The van der Waals surface area contributed by atoms with E-state index in [9.17, 15) is 14.7 Å². The monoisotopic (exact) mass is 321 g/mol. The Kier molecular flexibility index (Phi) is 4.82. The lowest BCUT2D eigenvalue weighted by atomic mass is 9.91. The number of fused-ring (bicyclic) bond motifs is 1. The van der Waals surface area contributed by atoms with Crippen LogP contribution in [0.4, 0.5) is 5.69 Å². The molecule has 6 heteroatoms. The third-order valence-corrected chi connectivity index (χ3v) is 4.43. The zero-order valence-electron chi connectivity index (χ0n) is 14.0. The molecule has 0 bridgehead atoms. The van der Waals surface area contributed by atoms with Crippen LogP contribution in [-0.4, -0.2) is 35.7 Å². The molecule has 6 nitrogen and oxygen atoms in total. The molecule has 1 unspecified atom stereocenters. The van der Waals surface area contributed by atoms with Gasteiger partial charge >= 0.3 is 5.97 Å². The lowest BCUT2D eigenvalue weighted by Crippen LogP contribution is -2.60. The number of amides is 1. The Morgan fingerprint density at radius 1 is 1.35 bits per heavy atom. The largest absolute Gasteiger partial charge is 0.508 e. The summed E-state index contributed by atoms with van der Waals surface area (Å²) in [5.74, 6) is -0.283. The van der Waals surface area contributed by atoms with Crippen molar-refractivity contribution in [3.8, 4) is 11.5 Å². The predicted octanol–water partition coefficient (Wildman–Crippen LogP) is 2.63. The number of phenolic OH excluding ortho intramolecular Hbond substituents is 1. The van der Waals surface area contributed by atoms with Crippen LogP contribution in [0.5, 0.6) is 11.5 Å². The van der Waals surface area contributed by atoms with E-state index in [2.05, 4.69) is 0 Å². The molecule has 1 atom stereocenters. The van der Waals surface area contributed by atoms with Gasteiger partial charge in [-0.3, -0.25) is 9.69 Å². The molecular formula is C17H23NO5. The van der Waals surface area contributed by atoms with E-state index in [4.69, 9.17) is 9.47 Å². The number of carbonyl (C=O) groups excluding carboxylic acids is 2. The number of esters is 1. The number of aromatic hydroxyl groups is 1. The molecule has 0 saturated carbocycles. The first-order valence-electron chi connectivity index (χ1n) is 7.87. The van der Waals surface area contributed by atoms with Crippen molar-refractivity contribution in [3.05, 3.63) is 18.2 Å². The zero-order valence-corrected chi connectivity index (χ0v) is 14.0. The number of nitrogens with zero attached hydrogens (tertiary/aromatic N) is 1. The Balaban J connectivity index is 2.63. The minimum atomic E-state index is -1.01. The molecule has 0 saturated heterocycles. The van der Waals surface area contributed by atoms with E-state index in [1.165, 1.54) is 24.1 Å². The number of ether oxygens (including phenoxy) is 2. The van der Waals surface area contributed by atoms with Crippen molar-refractivity contribution < 1.29 is 24.2 Å². The quantitative estimate of drug-likeness (QED) is 0.844. The number of carbonyl (C=O) groups is 2. The van der Waals surface area contributed by atoms with Crippen LogP contribution in [0.3, 0.4) is 0 Å². The average molecular weight is 321 g/mol. The summed E-state index contributed by atoms with van der Waals surface area (Å²) in [6.45, 7) is 5.57. The summed E-state index contributed by atoms with van der Waals surface area (Å²) in [5, 5.41) is 9.78. The Labute approximate surface area is 136 Å². The molecule has 1 heterocycles. The normalized spacial score (nSPS) is 17.2. The topological polar surface area (TPSA) is 76.1 Å². The van der Waals surface area contributed by atoms with Crippen molar-refractivity contribution in [2.24, 2.45) is 0 Å². The van der Waals surface area contributed by atoms with Gasteiger partial charge in [0.1, 0.15) is 17.5 Å². The summed E-state index contributed by atoms with van der Waals surface area (Å²) in [5.41, 5.74) is -0.615. The third kappa shape index (κ3) is 2.73.